The zero-order valence-corrected chi connectivity index (χ0v) is 15.3. The van der Waals surface area contributed by atoms with Crippen molar-refractivity contribution >= 4 is 29.9 Å². The lowest BCUT2D eigenvalue weighted by atomic mass is 10.1. The van der Waals surface area contributed by atoms with Crippen LogP contribution in [0.5, 0.6) is 0 Å². The van der Waals surface area contributed by atoms with E-state index in [0.717, 1.165) is 31.2 Å². The lowest BCUT2D eigenvalue weighted by Crippen LogP contribution is -2.38. The number of nitrogens with zero attached hydrogens (tertiary/aromatic N) is 2. The van der Waals surface area contributed by atoms with Crippen molar-refractivity contribution in [3.05, 3.63) is 53.7 Å². The number of aliphatic imine (C=N–C) groups is 1. The van der Waals surface area contributed by atoms with E-state index in [4.69, 9.17) is 4.42 Å². The standard InChI is InChI=1S/C16H22N4O.HI/c1-3-18-16(20-12-15-5-4-10-21-15)19-9-7-14-6-8-17-11-13(14)2;/h4-6,8,10-11H,3,7,9,12H2,1-2H3,(H2,18,19,20);1H. The Morgan fingerprint density at radius 3 is 2.86 bits per heavy atom. The summed E-state index contributed by atoms with van der Waals surface area (Å²) in [6.07, 6.45) is 6.33. The van der Waals surface area contributed by atoms with Crippen LogP contribution in [0.25, 0.3) is 0 Å². The van der Waals surface area contributed by atoms with Gasteiger partial charge in [-0.25, -0.2) is 4.99 Å². The maximum Gasteiger partial charge on any atom is 0.191 e. The molecule has 0 fully saturated rings. The topological polar surface area (TPSA) is 62.5 Å². The van der Waals surface area contributed by atoms with Crippen molar-refractivity contribution in [2.75, 3.05) is 13.1 Å². The molecule has 120 valence electrons. The molecule has 0 aliphatic carbocycles. The number of furan rings is 1. The number of hydrogen-bond acceptors (Lipinski definition) is 3. The first-order valence-corrected chi connectivity index (χ1v) is 7.23. The summed E-state index contributed by atoms with van der Waals surface area (Å²) >= 11 is 0. The summed E-state index contributed by atoms with van der Waals surface area (Å²) in [4.78, 5) is 8.61. The maximum atomic E-state index is 5.28. The first-order valence-electron chi connectivity index (χ1n) is 7.23. The van der Waals surface area contributed by atoms with Crippen molar-refractivity contribution in [1.82, 2.24) is 15.6 Å². The van der Waals surface area contributed by atoms with Gasteiger partial charge < -0.3 is 15.1 Å². The van der Waals surface area contributed by atoms with Gasteiger partial charge in [-0.2, -0.15) is 0 Å². The minimum Gasteiger partial charge on any atom is -0.467 e. The molecule has 2 aromatic heterocycles. The molecule has 0 amide bonds. The first kappa shape index (κ1) is 18.5. The van der Waals surface area contributed by atoms with E-state index in [-0.39, 0.29) is 24.0 Å². The number of aryl methyl sites for hydroxylation is 1. The molecular weight excluding hydrogens is 391 g/mol. The normalized spacial score (nSPS) is 10.9. The Labute approximate surface area is 148 Å². The van der Waals surface area contributed by atoms with Gasteiger partial charge in [-0.1, -0.05) is 0 Å². The molecule has 0 saturated carbocycles. The number of nitrogens with one attached hydrogen (secondary N) is 2. The number of guanidine groups is 1. The predicted molar refractivity (Wildman–Crippen MR) is 99.6 cm³/mol. The van der Waals surface area contributed by atoms with Crippen molar-refractivity contribution in [3.8, 4) is 0 Å². The second-order valence-electron chi connectivity index (χ2n) is 4.75. The fourth-order valence-corrected chi connectivity index (χ4v) is 2.00. The average Bonchev–Trinajstić information content (AvgIpc) is 3.00. The zero-order chi connectivity index (χ0) is 14.9. The van der Waals surface area contributed by atoms with Crippen LogP contribution in [0.4, 0.5) is 0 Å². The second kappa shape index (κ2) is 10.2. The Kier molecular flexibility index (Phi) is 8.57. The Balaban J connectivity index is 0.00000242. The summed E-state index contributed by atoms with van der Waals surface area (Å²) < 4.78 is 5.28. The van der Waals surface area contributed by atoms with Crippen LogP contribution in [0.3, 0.4) is 0 Å². The maximum absolute atomic E-state index is 5.28. The fourth-order valence-electron chi connectivity index (χ4n) is 2.00. The Hall–Kier alpha value is -1.57. The van der Waals surface area contributed by atoms with E-state index in [0.29, 0.717) is 6.54 Å². The average molecular weight is 414 g/mol. The van der Waals surface area contributed by atoms with Gasteiger partial charge in [-0.05, 0) is 49.6 Å². The second-order valence-corrected chi connectivity index (χ2v) is 4.75. The van der Waals surface area contributed by atoms with Gasteiger partial charge in [-0.15, -0.1) is 24.0 Å². The molecular formula is C16H23IN4O. The molecule has 0 unspecified atom stereocenters. The molecule has 0 atom stereocenters. The van der Waals surface area contributed by atoms with E-state index in [2.05, 4.69) is 40.5 Å². The molecule has 5 nitrogen and oxygen atoms in total. The van der Waals surface area contributed by atoms with Gasteiger partial charge >= 0.3 is 0 Å². The van der Waals surface area contributed by atoms with Gasteiger partial charge in [-0.3, -0.25) is 4.98 Å². The highest BCUT2D eigenvalue weighted by molar-refractivity contribution is 14.0. The summed E-state index contributed by atoms with van der Waals surface area (Å²) in [7, 11) is 0. The third-order valence-corrected chi connectivity index (χ3v) is 3.14. The van der Waals surface area contributed by atoms with Crippen LogP contribution in [0.1, 0.15) is 23.8 Å². The quantitative estimate of drug-likeness (QED) is 0.434. The van der Waals surface area contributed by atoms with Gasteiger partial charge in [0.15, 0.2) is 5.96 Å². The Bertz CT molecular complexity index is 569. The van der Waals surface area contributed by atoms with Crippen LogP contribution in [0.15, 0.2) is 46.3 Å². The van der Waals surface area contributed by atoms with E-state index in [1.807, 2.05) is 24.5 Å². The van der Waals surface area contributed by atoms with Gasteiger partial charge in [0.2, 0.25) is 0 Å². The molecule has 22 heavy (non-hydrogen) atoms. The summed E-state index contributed by atoms with van der Waals surface area (Å²) in [5.41, 5.74) is 2.52. The van der Waals surface area contributed by atoms with Gasteiger partial charge in [0.25, 0.3) is 0 Å². The van der Waals surface area contributed by atoms with E-state index >= 15 is 0 Å². The van der Waals surface area contributed by atoms with Crippen molar-refractivity contribution in [2.45, 2.75) is 26.8 Å². The highest BCUT2D eigenvalue weighted by Crippen LogP contribution is 2.05. The molecule has 2 rings (SSSR count). The molecule has 2 aromatic rings. The minimum absolute atomic E-state index is 0. The summed E-state index contributed by atoms with van der Waals surface area (Å²) in [6.45, 7) is 6.33. The molecule has 6 heteroatoms. The molecule has 0 aliphatic heterocycles. The molecule has 0 saturated heterocycles. The largest absolute Gasteiger partial charge is 0.467 e. The van der Waals surface area contributed by atoms with Crippen molar-refractivity contribution in [1.29, 1.82) is 0 Å². The van der Waals surface area contributed by atoms with Crippen LogP contribution in [-0.4, -0.2) is 24.0 Å². The van der Waals surface area contributed by atoms with Crippen LogP contribution in [0, 0.1) is 6.92 Å². The monoisotopic (exact) mass is 414 g/mol. The molecule has 0 aromatic carbocycles. The number of halogens is 1. The van der Waals surface area contributed by atoms with Crippen molar-refractivity contribution < 1.29 is 4.42 Å². The highest BCUT2D eigenvalue weighted by atomic mass is 127. The smallest absolute Gasteiger partial charge is 0.191 e. The molecule has 2 heterocycles. The van der Waals surface area contributed by atoms with Crippen molar-refractivity contribution in [3.63, 3.8) is 0 Å². The van der Waals surface area contributed by atoms with Crippen LogP contribution < -0.4 is 10.6 Å². The third-order valence-electron chi connectivity index (χ3n) is 3.14. The molecule has 0 aliphatic rings. The summed E-state index contributed by atoms with van der Waals surface area (Å²) in [5, 5.41) is 6.57. The van der Waals surface area contributed by atoms with E-state index in [1.54, 1.807) is 6.26 Å². The first-order chi connectivity index (χ1) is 10.3. The molecule has 0 bridgehead atoms. The van der Waals surface area contributed by atoms with Crippen LogP contribution in [-0.2, 0) is 13.0 Å². The van der Waals surface area contributed by atoms with Gasteiger partial charge in [0, 0.05) is 25.5 Å². The number of rotatable bonds is 6. The highest BCUT2D eigenvalue weighted by Gasteiger charge is 2.01. The number of aromatic nitrogens is 1. The van der Waals surface area contributed by atoms with Crippen LogP contribution in [0.2, 0.25) is 0 Å². The van der Waals surface area contributed by atoms with Crippen LogP contribution >= 0.6 is 24.0 Å². The lowest BCUT2D eigenvalue weighted by Gasteiger charge is -2.11. The number of pyridine rings is 1. The summed E-state index contributed by atoms with van der Waals surface area (Å²) in [5.74, 6) is 1.66. The van der Waals surface area contributed by atoms with Crippen molar-refractivity contribution in [2.24, 2.45) is 4.99 Å². The fraction of sp³-hybridized carbons (Fsp3) is 0.375. The molecule has 2 N–H and O–H groups in total. The summed E-state index contributed by atoms with van der Waals surface area (Å²) in [6, 6.07) is 5.86. The van der Waals surface area contributed by atoms with Gasteiger partial charge in [0.05, 0.1) is 6.26 Å². The Morgan fingerprint density at radius 1 is 1.32 bits per heavy atom. The SMILES string of the molecule is CCNC(=NCc1ccco1)NCCc1ccncc1C.I. The van der Waals surface area contributed by atoms with Gasteiger partial charge in [0.1, 0.15) is 12.3 Å². The molecule has 0 spiro atoms. The third kappa shape index (κ3) is 6.05. The Morgan fingerprint density at radius 2 is 2.18 bits per heavy atom. The molecule has 0 radical (unpaired) electrons. The lowest BCUT2D eigenvalue weighted by molar-refractivity contribution is 0.512. The van der Waals surface area contributed by atoms with E-state index in [9.17, 15) is 0 Å². The predicted octanol–water partition coefficient (Wildman–Crippen LogP) is 2.90. The zero-order valence-electron chi connectivity index (χ0n) is 13.0. The number of hydrogen-bond donors (Lipinski definition) is 2. The van der Waals surface area contributed by atoms with E-state index in [1.165, 1.54) is 11.1 Å². The minimum atomic E-state index is 0. The van der Waals surface area contributed by atoms with E-state index < -0.39 is 0 Å².